The van der Waals surface area contributed by atoms with Gasteiger partial charge >= 0.3 is 6.18 Å². The lowest BCUT2D eigenvalue weighted by Crippen LogP contribution is -2.36. The number of alkyl halides is 3. The predicted octanol–water partition coefficient (Wildman–Crippen LogP) is 1.16. The first-order valence-corrected chi connectivity index (χ1v) is 6.92. The number of nitrogens with one attached hydrogen (secondary N) is 1. The first-order valence-electron chi connectivity index (χ1n) is 6.92. The van der Waals surface area contributed by atoms with Gasteiger partial charge in [-0.3, -0.25) is 9.48 Å². The number of halogens is 3. The highest BCUT2D eigenvalue weighted by Crippen LogP contribution is 2.27. The second-order valence-corrected chi connectivity index (χ2v) is 5.09. The van der Waals surface area contributed by atoms with Gasteiger partial charge in [0.1, 0.15) is 0 Å². The quantitative estimate of drug-likeness (QED) is 0.770. The van der Waals surface area contributed by atoms with E-state index in [0.29, 0.717) is 0 Å². The van der Waals surface area contributed by atoms with Crippen LogP contribution in [0.25, 0.3) is 5.78 Å². The Hall–Kier alpha value is -2.98. The molecule has 1 atom stereocenters. The van der Waals surface area contributed by atoms with Crippen molar-refractivity contribution in [3.8, 4) is 0 Å². The Kier molecular flexibility index (Phi) is 3.91. The minimum atomic E-state index is -4.49. The Morgan fingerprint density at radius 3 is 2.79 bits per heavy atom. The summed E-state index contributed by atoms with van der Waals surface area (Å²) in [5.41, 5.74) is -0.978. The summed E-state index contributed by atoms with van der Waals surface area (Å²) >= 11 is 0. The number of nitrogens with zero attached hydrogens (tertiary/aromatic N) is 6. The first-order chi connectivity index (χ1) is 11.3. The highest BCUT2D eigenvalue weighted by Gasteiger charge is 2.33. The molecule has 0 fully saturated rings. The molecule has 0 unspecified atom stereocenters. The van der Waals surface area contributed by atoms with Gasteiger partial charge in [-0.1, -0.05) is 0 Å². The summed E-state index contributed by atoms with van der Waals surface area (Å²) < 4.78 is 40.0. The third-order valence-electron chi connectivity index (χ3n) is 3.09. The zero-order chi connectivity index (χ0) is 17.3. The maximum Gasteiger partial charge on any atom is 0.435 e. The second kappa shape index (κ2) is 5.91. The van der Waals surface area contributed by atoms with Gasteiger partial charge in [-0.05, 0) is 19.1 Å². The van der Waals surface area contributed by atoms with Crippen LogP contribution in [0, 0.1) is 0 Å². The minimum Gasteiger partial charge on any atom is -0.345 e. The van der Waals surface area contributed by atoms with E-state index >= 15 is 0 Å². The van der Waals surface area contributed by atoms with E-state index in [9.17, 15) is 18.0 Å². The largest absolute Gasteiger partial charge is 0.435 e. The maximum atomic E-state index is 12.5. The summed E-state index contributed by atoms with van der Waals surface area (Å²) in [5.74, 6) is -0.342. The van der Waals surface area contributed by atoms with E-state index in [0.717, 1.165) is 10.7 Å². The summed E-state index contributed by atoms with van der Waals surface area (Å²) in [7, 11) is 0. The zero-order valence-electron chi connectivity index (χ0n) is 12.4. The van der Waals surface area contributed by atoms with Crippen LogP contribution in [0.2, 0.25) is 0 Å². The van der Waals surface area contributed by atoms with E-state index < -0.39 is 23.8 Å². The van der Waals surface area contributed by atoms with Gasteiger partial charge in [-0.25, -0.2) is 9.50 Å². The Morgan fingerprint density at radius 2 is 2.12 bits per heavy atom. The van der Waals surface area contributed by atoms with E-state index in [1.54, 1.807) is 19.2 Å². The van der Waals surface area contributed by atoms with E-state index in [2.05, 4.69) is 25.5 Å². The molecule has 3 heterocycles. The van der Waals surface area contributed by atoms with Crippen molar-refractivity contribution in [1.82, 2.24) is 34.7 Å². The molecule has 3 aromatic rings. The summed E-state index contributed by atoms with van der Waals surface area (Å²) in [5, 5.41) is 10.0. The summed E-state index contributed by atoms with van der Waals surface area (Å²) in [6.45, 7) is 1.72. The first kappa shape index (κ1) is 15.9. The molecule has 0 aliphatic carbocycles. The van der Waals surface area contributed by atoms with Crippen molar-refractivity contribution in [2.45, 2.75) is 25.7 Å². The van der Waals surface area contributed by atoms with Crippen LogP contribution in [0.5, 0.6) is 0 Å². The Bertz CT molecular complexity index is 837. The van der Waals surface area contributed by atoms with Crippen LogP contribution in [0.3, 0.4) is 0 Å². The second-order valence-electron chi connectivity index (χ2n) is 5.09. The van der Waals surface area contributed by atoms with Gasteiger partial charge in [0.2, 0.25) is 5.82 Å². The van der Waals surface area contributed by atoms with Crippen molar-refractivity contribution in [3.63, 3.8) is 0 Å². The third kappa shape index (κ3) is 3.34. The number of hydrogen-bond donors (Lipinski definition) is 1. The highest BCUT2D eigenvalue weighted by atomic mass is 19.4. The Labute approximate surface area is 133 Å². The molecule has 0 aliphatic heterocycles. The molecule has 1 N–H and O–H groups in total. The normalized spacial score (nSPS) is 13.2. The number of aromatic nitrogens is 6. The van der Waals surface area contributed by atoms with Crippen LogP contribution in [-0.4, -0.2) is 41.3 Å². The molecule has 0 spiro atoms. The van der Waals surface area contributed by atoms with E-state index in [-0.39, 0.29) is 18.1 Å². The van der Waals surface area contributed by atoms with E-state index in [1.807, 2.05) is 0 Å². The number of carbonyl (C=O) groups excluding carboxylic acids is 1. The lowest BCUT2D eigenvalue weighted by atomic mass is 10.3. The Morgan fingerprint density at radius 1 is 1.33 bits per heavy atom. The van der Waals surface area contributed by atoms with Crippen molar-refractivity contribution in [2.24, 2.45) is 0 Å². The summed E-state index contributed by atoms with van der Waals surface area (Å²) in [6, 6.07) is 2.05. The van der Waals surface area contributed by atoms with Gasteiger partial charge in [0.25, 0.3) is 11.7 Å². The topological polar surface area (TPSA) is 90.0 Å². The lowest BCUT2D eigenvalue weighted by molar-refractivity contribution is -0.141. The molecule has 0 radical (unpaired) electrons. The number of fused-ring (bicyclic) bond motifs is 1. The minimum absolute atomic E-state index is 0.0722. The molecule has 126 valence electrons. The van der Waals surface area contributed by atoms with Gasteiger partial charge in [0.15, 0.2) is 5.69 Å². The summed E-state index contributed by atoms with van der Waals surface area (Å²) in [4.78, 5) is 20.0. The van der Waals surface area contributed by atoms with Crippen molar-refractivity contribution in [3.05, 3.63) is 42.2 Å². The third-order valence-corrected chi connectivity index (χ3v) is 3.09. The van der Waals surface area contributed by atoms with Crippen molar-refractivity contribution < 1.29 is 18.0 Å². The molecule has 0 bridgehead atoms. The predicted molar refractivity (Wildman–Crippen MR) is 74.9 cm³/mol. The van der Waals surface area contributed by atoms with Crippen LogP contribution in [0.1, 0.15) is 23.2 Å². The number of hydrogen-bond acceptors (Lipinski definition) is 5. The van der Waals surface area contributed by atoms with Crippen LogP contribution in [0.4, 0.5) is 13.2 Å². The fraction of sp³-hybridized carbons (Fsp3) is 0.308. The Balaban J connectivity index is 1.64. The van der Waals surface area contributed by atoms with E-state index in [1.165, 1.54) is 16.9 Å². The SMILES string of the molecule is C[C@@H](Cn1ccc(C(F)(F)F)n1)NC(=O)c1nc2ncccn2n1. The van der Waals surface area contributed by atoms with Crippen molar-refractivity contribution in [1.29, 1.82) is 0 Å². The molecule has 0 aromatic carbocycles. The van der Waals surface area contributed by atoms with Crippen molar-refractivity contribution >= 4 is 11.7 Å². The van der Waals surface area contributed by atoms with Crippen molar-refractivity contribution in [2.75, 3.05) is 0 Å². The lowest BCUT2D eigenvalue weighted by Gasteiger charge is -2.12. The number of carbonyl (C=O) groups is 1. The van der Waals surface area contributed by atoms with Gasteiger partial charge in [0, 0.05) is 24.6 Å². The summed E-state index contributed by atoms with van der Waals surface area (Å²) in [6.07, 6.45) is -0.175. The average molecular weight is 339 g/mol. The molecular formula is C13H12F3N7O. The van der Waals surface area contributed by atoms with Crippen LogP contribution < -0.4 is 5.32 Å². The van der Waals surface area contributed by atoms with Crippen LogP contribution in [-0.2, 0) is 12.7 Å². The molecule has 11 heteroatoms. The molecule has 0 saturated heterocycles. The zero-order valence-corrected chi connectivity index (χ0v) is 12.4. The highest BCUT2D eigenvalue weighted by molar-refractivity contribution is 5.90. The standard InChI is InChI=1S/C13H12F3N7O/c1-8(7-22-6-3-9(20-22)13(14,15)16)18-11(24)10-19-12-17-4-2-5-23(12)21-10/h2-6,8H,7H2,1H3,(H,18,24)/t8-/m0/s1. The van der Waals surface area contributed by atoms with Crippen LogP contribution in [0.15, 0.2) is 30.7 Å². The molecule has 0 aliphatic rings. The van der Waals surface area contributed by atoms with Crippen LogP contribution >= 0.6 is 0 Å². The fourth-order valence-electron chi connectivity index (χ4n) is 2.06. The molecule has 8 nitrogen and oxygen atoms in total. The smallest absolute Gasteiger partial charge is 0.345 e. The van der Waals surface area contributed by atoms with Gasteiger partial charge in [-0.2, -0.15) is 23.3 Å². The molecule has 3 rings (SSSR count). The van der Waals surface area contributed by atoms with Gasteiger partial charge < -0.3 is 5.32 Å². The average Bonchev–Trinajstić information content (AvgIpc) is 3.12. The maximum absolute atomic E-state index is 12.5. The van der Waals surface area contributed by atoms with Gasteiger partial charge in [-0.15, -0.1) is 5.10 Å². The molecule has 0 saturated carbocycles. The van der Waals surface area contributed by atoms with Gasteiger partial charge in [0.05, 0.1) is 6.54 Å². The molecule has 24 heavy (non-hydrogen) atoms. The number of amides is 1. The molecular weight excluding hydrogens is 327 g/mol. The molecule has 1 amide bonds. The fourth-order valence-corrected chi connectivity index (χ4v) is 2.06. The number of rotatable bonds is 4. The van der Waals surface area contributed by atoms with E-state index in [4.69, 9.17) is 0 Å². The monoisotopic (exact) mass is 339 g/mol. The molecule has 3 aromatic heterocycles.